The van der Waals surface area contributed by atoms with Gasteiger partial charge in [-0.05, 0) is 25.2 Å². The summed E-state index contributed by atoms with van der Waals surface area (Å²) in [7, 11) is 1.73. The van der Waals surface area contributed by atoms with Crippen LogP contribution in [0.3, 0.4) is 0 Å². The first kappa shape index (κ1) is 9.75. The number of aliphatic hydroxyl groups excluding tert-OH is 1. The van der Waals surface area contributed by atoms with Crippen LogP contribution in [0.2, 0.25) is 0 Å². The average Bonchev–Trinajstić information content (AvgIpc) is 2.47. The second kappa shape index (κ2) is 4.63. The zero-order chi connectivity index (χ0) is 8.97. The lowest BCUT2D eigenvalue weighted by Crippen LogP contribution is -2.01. The number of hydrogen-bond donors (Lipinski definition) is 1. The van der Waals surface area contributed by atoms with E-state index in [0.29, 0.717) is 5.92 Å². The minimum absolute atomic E-state index is 0.190. The molecule has 12 heavy (non-hydrogen) atoms. The maximum absolute atomic E-state index is 9.27. The highest BCUT2D eigenvalue weighted by Gasteiger charge is 2.17. The molecule has 0 aliphatic heterocycles. The Morgan fingerprint density at radius 3 is 3.00 bits per heavy atom. The SMILES string of the molecule is COCCC(C)C1=CC(O)CC1. The summed E-state index contributed by atoms with van der Waals surface area (Å²) >= 11 is 0. The molecule has 0 radical (unpaired) electrons. The van der Waals surface area contributed by atoms with Crippen LogP contribution in [-0.4, -0.2) is 24.9 Å². The average molecular weight is 170 g/mol. The highest BCUT2D eigenvalue weighted by atomic mass is 16.5. The number of hydrogen-bond acceptors (Lipinski definition) is 2. The Morgan fingerprint density at radius 2 is 2.50 bits per heavy atom. The Labute approximate surface area is 74.2 Å². The van der Waals surface area contributed by atoms with Crippen molar-refractivity contribution in [2.75, 3.05) is 13.7 Å². The molecule has 0 saturated carbocycles. The predicted octanol–water partition coefficient (Wildman–Crippen LogP) is 1.74. The van der Waals surface area contributed by atoms with Gasteiger partial charge in [-0.15, -0.1) is 0 Å². The van der Waals surface area contributed by atoms with Gasteiger partial charge in [-0.1, -0.05) is 18.6 Å². The first-order chi connectivity index (χ1) is 5.74. The quantitative estimate of drug-likeness (QED) is 0.651. The van der Waals surface area contributed by atoms with E-state index in [9.17, 15) is 5.11 Å². The van der Waals surface area contributed by atoms with Gasteiger partial charge in [-0.3, -0.25) is 0 Å². The van der Waals surface area contributed by atoms with Gasteiger partial charge in [0.05, 0.1) is 6.10 Å². The smallest absolute Gasteiger partial charge is 0.0726 e. The Balaban J connectivity index is 2.32. The Bertz CT molecular complexity index is 163. The summed E-state index contributed by atoms with van der Waals surface area (Å²) in [6, 6.07) is 0. The van der Waals surface area contributed by atoms with Crippen LogP contribution >= 0.6 is 0 Å². The molecule has 2 nitrogen and oxygen atoms in total. The minimum Gasteiger partial charge on any atom is -0.389 e. The molecule has 0 aromatic heterocycles. The number of ether oxygens (including phenoxy) is 1. The van der Waals surface area contributed by atoms with Gasteiger partial charge in [-0.2, -0.15) is 0 Å². The number of aliphatic hydroxyl groups is 1. The third kappa shape index (κ3) is 2.61. The highest BCUT2D eigenvalue weighted by Crippen LogP contribution is 2.26. The molecule has 0 spiro atoms. The van der Waals surface area contributed by atoms with Gasteiger partial charge >= 0.3 is 0 Å². The monoisotopic (exact) mass is 170 g/mol. The van der Waals surface area contributed by atoms with Crippen LogP contribution in [0.1, 0.15) is 26.2 Å². The van der Waals surface area contributed by atoms with Crippen LogP contribution in [0.4, 0.5) is 0 Å². The Hall–Kier alpha value is -0.340. The largest absolute Gasteiger partial charge is 0.389 e. The van der Waals surface area contributed by atoms with E-state index in [1.807, 2.05) is 6.08 Å². The maximum Gasteiger partial charge on any atom is 0.0726 e. The summed E-state index contributed by atoms with van der Waals surface area (Å²) in [6.45, 7) is 3.01. The molecule has 2 atom stereocenters. The van der Waals surface area contributed by atoms with Crippen molar-refractivity contribution in [2.24, 2.45) is 5.92 Å². The molecule has 1 rings (SSSR count). The van der Waals surface area contributed by atoms with E-state index in [2.05, 4.69) is 6.92 Å². The lowest BCUT2D eigenvalue weighted by Gasteiger charge is -2.11. The second-order valence-electron chi connectivity index (χ2n) is 3.53. The standard InChI is InChI=1S/C10H18O2/c1-8(5-6-12-2)9-3-4-10(11)7-9/h7-8,10-11H,3-6H2,1-2H3. The fourth-order valence-corrected chi connectivity index (χ4v) is 1.62. The first-order valence-corrected chi connectivity index (χ1v) is 4.61. The fraction of sp³-hybridized carbons (Fsp3) is 0.800. The number of rotatable bonds is 4. The molecule has 1 aliphatic carbocycles. The third-order valence-corrected chi connectivity index (χ3v) is 2.52. The highest BCUT2D eigenvalue weighted by molar-refractivity contribution is 5.14. The van der Waals surface area contributed by atoms with E-state index in [4.69, 9.17) is 4.74 Å². The second-order valence-corrected chi connectivity index (χ2v) is 3.53. The van der Waals surface area contributed by atoms with E-state index < -0.39 is 0 Å². The van der Waals surface area contributed by atoms with Crippen LogP contribution in [0.25, 0.3) is 0 Å². The van der Waals surface area contributed by atoms with Gasteiger partial charge < -0.3 is 9.84 Å². The van der Waals surface area contributed by atoms with Crippen molar-refractivity contribution in [1.82, 2.24) is 0 Å². The summed E-state index contributed by atoms with van der Waals surface area (Å²) < 4.78 is 5.01. The first-order valence-electron chi connectivity index (χ1n) is 4.61. The molecule has 0 bridgehead atoms. The van der Waals surface area contributed by atoms with E-state index in [1.54, 1.807) is 7.11 Å². The molecule has 1 N–H and O–H groups in total. The summed E-state index contributed by atoms with van der Waals surface area (Å²) in [5.74, 6) is 0.571. The van der Waals surface area contributed by atoms with E-state index in [0.717, 1.165) is 25.9 Å². The van der Waals surface area contributed by atoms with Crippen molar-refractivity contribution >= 4 is 0 Å². The molecule has 0 aromatic rings. The summed E-state index contributed by atoms with van der Waals surface area (Å²) in [4.78, 5) is 0. The molecule has 0 saturated heterocycles. The molecular weight excluding hydrogens is 152 g/mol. The van der Waals surface area contributed by atoms with Crippen LogP contribution in [0.5, 0.6) is 0 Å². The lowest BCUT2D eigenvalue weighted by molar-refractivity contribution is 0.184. The van der Waals surface area contributed by atoms with E-state index >= 15 is 0 Å². The normalized spacial score (nSPS) is 25.6. The topological polar surface area (TPSA) is 29.5 Å². The maximum atomic E-state index is 9.27. The van der Waals surface area contributed by atoms with Crippen LogP contribution in [-0.2, 0) is 4.74 Å². The van der Waals surface area contributed by atoms with E-state index in [1.165, 1.54) is 5.57 Å². The van der Waals surface area contributed by atoms with Crippen molar-refractivity contribution in [3.05, 3.63) is 11.6 Å². The lowest BCUT2D eigenvalue weighted by atomic mass is 9.98. The molecule has 1 aliphatic rings. The van der Waals surface area contributed by atoms with Crippen LogP contribution in [0, 0.1) is 5.92 Å². The van der Waals surface area contributed by atoms with E-state index in [-0.39, 0.29) is 6.10 Å². The molecule has 70 valence electrons. The molecule has 0 heterocycles. The van der Waals surface area contributed by atoms with Crippen molar-refractivity contribution in [3.8, 4) is 0 Å². The van der Waals surface area contributed by atoms with Crippen molar-refractivity contribution < 1.29 is 9.84 Å². The van der Waals surface area contributed by atoms with Gasteiger partial charge in [0.2, 0.25) is 0 Å². The molecule has 0 amide bonds. The Morgan fingerprint density at radius 1 is 1.75 bits per heavy atom. The van der Waals surface area contributed by atoms with Gasteiger partial charge in [0, 0.05) is 13.7 Å². The predicted molar refractivity (Wildman–Crippen MR) is 49.0 cm³/mol. The molecule has 0 aromatic carbocycles. The summed E-state index contributed by atoms with van der Waals surface area (Å²) in [5.41, 5.74) is 1.40. The zero-order valence-electron chi connectivity index (χ0n) is 7.92. The number of methoxy groups -OCH3 is 1. The van der Waals surface area contributed by atoms with Gasteiger partial charge in [0.1, 0.15) is 0 Å². The van der Waals surface area contributed by atoms with Crippen molar-refractivity contribution in [1.29, 1.82) is 0 Å². The van der Waals surface area contributed by atoms with Crippen LogP contribution in [0.15, 0.2) is 11.6 Å². The van der Waals surface area contributed by atoms with Gasteiger partial charge in [-0.25, -0.2) is 0 Å². The molecule has 2 heteroatoms. The van der Waals surface area contributed by atoms with Gasteiger partial charge in [0.25, 0.3) is 0 Å². The summed E-state index contributed by atoms with van der Waals surface area (Å²) in [5, 5.41) is 9.27. The Kier molecular flexibility index (Phi) is 3.76. The number of allylic oxidation sites excluding steroid dienone is 1. The minimum atomic E-state index is -0.190. The van der Waals surface area contributed by atoms with Crippen molar-refractivity contribution in [3.63, 3.8) is 0 Å². The molecular formula is C10H18O2. The fourth-order valence-electron chi connectivity index (χ4n) is 1.62. The van der Waals surface area contributed by atoms with Gasteiger partial charge in [0.15, 0.2) is 0 Å². The molecule has 0 fully saturated rings. The molecule has 2 unspecified atom stereocenters. The van der Waals surface area contributed by atoms with Crippen LogP contribution < -0.4 is 0 Å². The van der Waals surface area contributed by atoms with Crippen molar-refractivity contribution in [2.45, 2.75) is 32.3 Å². The summed E-state index contributed by atoms with van der Waals surface area (Å²) in [6.07, 6.45) is 4.85. The third-order valence-electron chi connectivity index (χ3n) is 2.52. The zero-order valence-corrected chi connectivity index (χ0v) is 7.92.